The fourth-order valence-corrected chi connectivity index (χ4v) is 2.33. The van der Waals surface area contributed by atoms with E-state index in [9.17, 15) is 19.3 Å². The van der Waals surface area contributed by atoms with E-state index >= 15 is 0 Å². The molecule has 0 atom stereocenters. The minimum atomic E-state index is -0.604. The van der Waals surface area contributed by atoms with Crippen molar-refractivity contribution in [2.24, 2.45) is 0 Å². The molecule has 0 aromatic heterocycles. The van der Waals surface area contributed by atoms with Gasteiger partial charge in [-0.2, -0.15) is 0 Å². The van der Waals surface area contributed by atoms with E-state index in [4.69, 9.17) is 17.0 Å². The Morgan fingerprint density at radius 1 is 1.16 bits per heavy atom. The summed E-state index contributed by atoms with van der Waals surface area (Å²) in [5.74, 6) is -0.598. The van der Waals surface area contributed by atoms with Gasteiger partial charge in [-0.25, -0.2) is 4.39 Å². The van der Waals surface area contributed by atoms with E-state index < -0.39 is 16.6 Å². The van der Waals surface area contributed by atoms with Crippen LogP contribution in [0.5, 0.6) is 11.5 Å². The number of ether oxygens (including phenoxy) is 1. The van der Waals surface area contributed by atoms with E-state index in [1.54, 1.807) is 6.07 Å². The van der Waals surface area contributed by atoms with Gasteiger partial charge in [-0.1, -0.05) is 6.07 Å². The molecule has 0 spiro atoms. The highest BCUT2D eigenvalue weighted by Crippen LogP contribution is 2.32. The van der Waals surface area contributed by atoms with Crippen LogP contribution in [-0.2, 0) is 4.79 Å². The molecule has 3 rings (SSSR count). The van der Waals surface area contributed by atoms with Crippen molar-refractivity contribution in [1.29, 1.82) is 0 Å². The number of amides is 1. The number of carbonyl (C=O) groups is 1. The molecule has 0 saturated carbocycles. The quantitative estimate of drug-likeness (QED) is 0.377. The number of thiocarbonyl (C=S) groups is 1. The number of carbonyl (C=O) groups excluding carboxylic acids is 1. The van der Waals surface area contributed by atoms with E-state index in [1.807, 2.05) is 0 Å². The summed E-state index contributed by atoms with van der Waals surface area (Å²) in [6.07, 6.45) is 1.43. The third kappa shape index (κ3) is 3.78. The number of nitro groups is 1. The van der Waals surface area contributed by atoms with Gasteiger partial charge in [-0.15, -0.1) is 0 Å². The highest BCUT2D eigenvalue weighted by molar-refractivity contribution is 7.80. The fourth-order valence-electron chi connectivity index (χ4n) is 2.13. The second-order valence-electron chi connectivity index (χ2n) is 5.01. The van der Waals surface area contributed by atoms with Gasteiger partial charge in [0.15, 0.2) is 5.11 Å². The maximum Gasteiger partial charge on any atom is 0.312 e. The average Bonchev–Trinajstić information content (AvgIpc) is 2.88. The molecule has 0 bridgehead atoms. The Labute approximate surface area is 146 Å². The van der Waals surface area contributed by atoms with Crippen LogP contribution in [0.4, 0.5) is 10.1 Å². The summed E-state index contributed by atoms with van der Waals surface area (Å²) >= 11 is 4.82. The summed E-state index contributed by atoms with van der Waals surface area (Å²) in [4.78, 5) is 22.3. The van der Waals surface area contributed by atoms with Crippen LogP contribution in [0.3, 0.4) is 0 Å². The Morgan fingerprint density at radius 2 is 1.88 bits per heavy atom. The van der Waals surface area contributed by atoms with Crippen LogP contribution in [0.1, 0.15) is 5.56 Å². The Balaban J connectivity index is 1.92. The van der Waals surface area contributed by atoms with Crippen LogP contribution >= 0.6 is 12.2 Å². The molecule has 1 heterocycles. The van der Waals surface area contributed by atoms with Crippen molar-refractivity contribution in [1.82, 2.24) is 10.6 Å². The van der Waals surface area contributed by atoms with Crippen molar-refractivity contribution >= 4 is 35.0 Å². The van der Waals surface area contributed by atoms with Gasteiger partial charge >= 0.3 is 5.69 Å². The van der Waals surface area contributed by atoms with Crippen LogP contribution in [0, 0.1) is 15.9 Å². The second kappa shape index (κ2) is 6.65. The molecule has 126 valence electrons. The molecule has 1 amide bonds. The SMILES string of the molecule is O=C1NC(=S)N/C1=C/c1ccc(Oc2ccc(F)cc2)c([N+](=O)[O-])c1. The van der Waals surface area contributed by atoms with Crippen LogP contribution in [0.15, 0.2) is 48.2 Å². The highest BCUT2D eigenvalue weighted by atomic mass is 32.1. The summed E-state index contributed by atoms with van der Waals surface area (Å²) in [6, 6.07) is 9.32. The number of benzene rings is 2. The zero-order valence-electron chi connectivity index (χ0n) is 12.5. The smallest absolute Gasteiger partial charge is 0.312 e. The van der Waals surface area contributed by atoms with Gasteiger partial charge in [-0.3, -0.25) is 20.2 Å². The Morgan fingerprint density at radius 3 is 2.48 bits per heavy atom. The summed E-state index contributed by atoms with van der Waals surface area (Å²) < 4.78 is 18.4. The molecule has 1 aliphatic heterocycles. The molecule has 0 aliphatic carbocycles. The number of nitrogens with zero attached hydrogens (tertiary/aromatic N) is 1. The molecule has 7 nitrogen and oxygen atoms in total. The Bertz CT molecular complexity index is 912. The topological polar surface area (TPSA) is 93.5 Å². The summed E-state index contributed by atoms with van der Waals surface area (Å²) in [5.41, 5.74) is 0.312. The Hall–Kier alpha value is -3.33. The molecular weight excluding hydrogens is 349 g/mol. The summed E-state index contributed by atoms with van der Waals surface area (Å²) in [5, 5.41) is 16.5. The number of nitro benzene ring substituents is 1. The minimum Gasteiger partial charge on any atom is -0.450 e. The number of rotatable bonds is 4. The van der Waals surface area contributed by atoms with Crippen molar-refractivity contribution in [2.75, 3.05) is 0 Å². The van der Waals surface area contributed by atoms with Gasteiger partial charge in [0.05, 0.1) is 4.92 Å². The van der Waals surface area contributed by atoms with Crippen molar-refractivity contribution < 1.29 is 18.8 Å². The summed E-state index contributed by atoms with van der Waals surface area (Å²) in [7, 11) is 0. The van der Waals surface area contributed by atoms with Crippen molar-refractivity contribution in [3.05, 3.63) is 69.7 Å². The zero-order chi connectivity index (χ0) is 18.0. The van der Waals surface area contributed by atoms with Crippen molar-refractivity contribution in [2.45, 2.75) is 0 Å². The molecular formula is C16H10FN3O4S. The van der Waals surface area contributed by atoms with Crippen molar-refractivity contribution in [3.63, 3.8) is 0 Å². The molecule has 1 aliphatic rings. The minimum absolute atomic E-state index is 0.00175. The predicted molar refractivity (Wildman–Crippen MR) is 91.4 cm³/mol. The summed E-state index contributed by atoms with van der Waals surface area (Å²) in [6.45, 7) is 0. The molecule has 9 heteroatoms. The standard InChI is InChI=1S/C16H10FN3O4S/c17-10-2-4-11(5-3-10)24-14-6-1-9(8-13(14)20(22)23)7-12-15(21)19-16(25)18-12/h1-8H,(H2,18,19,21,25)/b12-7+. The molecule has 2 aromatic carbocycles. The number of hydrogen-bond acceptors (Lipinski definition) is 5. The van der Waals surface area contributed by atoms with Crippen LogP contribution in [0.25, 0.3) is 6.08 Å². The largest absolute Gasteiger partial charge is 0.450 e. The van der Waals surface area contributed by atoms with E-state index in [-0.39, 0.29) is 28.0 Å². The third-order valence-corrected chi connectivity index (χ3v) is 3.46. The van der Waals surface area contributed by atoms with E-state index in [1.165, 1.54) is 42.5 Å². The first kappa shape index (κ1) is 16.5. The third-order valence-electron chi connectivity index (χ3n) is 3.25. The highest BCUT2D eigenvalue weighted by Gasteiger charge is 2.21. The monoisotopic (exact) mass is 359 g/mol. The molecule has 25 heavy (non-hydrogen) atoms. The molecule has 0 unspecified atom stereocenters. The molecule has 0 radical (unpaired) electrons. The number of hydrogen-bond donors (Lipinski definition) is 2. The average molecular weight is 359 g/mol. The first-order valence-electron chi connectivity index (χ1n) is 6.98. The maximum atomic E-state index is 12.9. The van der Waals surface area contributed by atoms with Gasteiger partial charge in [0.25, 0.3) is 5.91 Å². The number of nitrogens with one attached hydrogen (secondary N) is 2. The zero-order valence-corrected chi connectivity index (χ0v) is 13.3. The molecule has 1 fully saturated rings. The lowest BCUT2D eigenvalue weighted by Crippen LogP contribution is -2.21. The van der Waals surface area contributed by atoms with E-state index in [0.29, 0.717) is 5.56 Å². The van der Waals surface area contributed by atoms with Gasteiger partial charge in [0.2, 0.25) is 5.75 Å². The van der Waals surface area contributed by atoms with E-state index in [0.717, 1.165) is 0 Å². The molecule has 2 N–H and O–H groups in total. The Kier molecular flexibility index (Phi) is 4.40. The molecule has 1 saturated heterocycles. The molecule has 2 aromatic rings. The fraction of sp³-hybridized carbons (Fsp3) is 0. The van der Waals surface area contributed by atoms with Crippen LogP contribution in [0.2, 0.25) is 0 Å². The van der Waals surface area contributed by atoms with Gasteiger partial charge in [0.1, 0.15) is 17.3 Å². The lowest BCUT2D eigenvalue weighted by Gasteiger charge is -2.07. The van der Waals surface area contributed by atoms with Crippen LogP contribution in [-0.4, -0.2) is 15.9 Å². The van der Waals surface area contributed by atoms with Crippen molar-refractivity contribution in [3.8, 4) is 11.5 Å². The first-order chi connectivity index (χ1) is 11.9. The van der Waals surface area contributed by atoms with Crippen LogP contribution < -0.4 is 15.4 Å². The number of halogens is 1. The normalized spacial score (nSPS) is 15.0. The van der Waals surface area contributed by atoms with Gasteiger partial charge in [0, 0.05) is 6.07 Å². The predicted octanol–water partition coefficient (Wildman–Crippen LogP) is 2.87. The van der Waals surface area contributed by atoms with Gasteiger partial charge < -0.3 is 10.1 Å². The lowest BCUT2D eigenvalue weighted by molar-refractivity contribution is -0.385. The first-order valence-corrected chi connectivity index (χ1v) is 7.39. The van der Waals surface area contributed by atoms with Gasteiger partial charge in [-0.05, 0) is 54.2 Å². The second-order valence-corrected chi connectivity index (χ2v) is 5.41. The van der Waals surface area contributed by atoms with E-state index in [2.05, 4.69) is 10.6 Å². The lowest BCUT2D eigenvalue weighted by atomic mass is 10.1. The maximum absolute atomic E-state index is 12.9.